The van der Waals surface area contributed by atoms with E-state index in [2.05, 4.69) is 52.2 Å². The number of rotatable bonds is 6. The first kappa shape index (κ1) is 25.3. The predicted octanol–water partition coefficient (Wildman–Crippen LogP) is 2.56. The highest BCUT2D eigenvalue weighted by Crippen LogP contribution is 2.25. The van der Waals surface area contributed by atoms with Gasteiger partial charge in [-0.3, -0.25) is 14.3 Å². The minimum absolute atomic E-state index is 0.224. The number of aryl methyl sites for hydroxylation is 1. The van der Waals surface area contributed by atoms with Crippen LogP contribution in [0.3, 0.4) is 0 Å². The van der Waals surface area contributed by atoms with E-state index in [0.29, 0.717) is 33.9 Å². The van der Waals surface area contributed by atoms with Gasteiger partial charge in [-0.2, -0.15) is 9.67 Å². The van der Waals surface area contributed by atoms with Crippen LogP contribution in [0.4, 0.5) is 23.3 Å². The highest BCUT2D eigenvalue weighted by molar-refractivity contribution is 6.04. The molecule has 1 aliphatic heterocycles. The van der Waals surface area contributed by atoms with E-state index in [4.69, 9.17) is 5.73 Å². The Morgan fingerprint density at radius 3 is 2.45 bits per heavy atom. The molecular weight excluding hydrogens is 534 g/mol. The molecule has 1 saturated heterocycles. The van der Waals surface area contributed by atoms with Crippen LogP contribution in [0.2, 0.25) is 0 Å². The average molecular weight is 562 g/mol. The van der Waals surface area contributed by atoms with Crippen LogP contribution in [-0.2, 0) is 7.05 Å². The highest BCUT2D eigenvalue weighted by atomic mass is 16.1. The molecule has 13 heteroatoms. The van der Waals surface area contributed by atoms with E-state index in [9.17, 15) is 9.59 Å². The average Bonchev–Trinajstić information content (AvgIpc) is 3.56. The van der Waals surface area contributed by atoms with Gasteiger partial charge in [0.1, 0.15) is 10.9 Å². The summed E-state index contributed by atoms with van der Waals surface area (Å²) in [4.78, 5) is 50.5. The first-order valence-electron chi connectivity index (χ1n) is 13.5. The number of hydrogen-bond acceptors (Lipinski definition) is 9. The molecule has 0 radical (unpaired) electrons. The zero-order valence-electron chi connectivity index (χ0n) is 22.7. The molecule has 2 aromatic carbocycles. The Balaban J connectivity index is 1.03. The number of nitrogens with zero attached hydrogens (tertiary/aromatic N) is 8. The van der Waals surface area contributed by atoms with Gasteiger partial charge in [0, 0.05) is 57.0 Å². The van der Waals surface area contributed by atoms with Crippen LogP contribution < -0.4 is 26.4 Å². The molecule has 42 heavy (non-hydrogen) atoms. The van der Waals surface area contributed by atoms with E-state index < -0.39 is 5.91 Å². The lowest BCUT2D eigenvalue weighted by Crippen LogP contribution is -2.46. The van der Waals surface area contributed by atoms with Crippen molar-refractivity contribution < 1.29 is 4.79 Å². The molecule has 1 fully saturated rings. The summed E-state index contributed by atoms with van der Waals surface area (Å²) in [5.74, 6) is 1.16. The minimum atomic E-state index is -0.487. The molecule has 0 aliphatic carbocycles. The van der Waals surface area contributed by atoms with Crippen molar-refractivity contribution in [2.24, 2.45) is 12.8 Å². The summed E-state index contributed by atoms with van der Waals surface area (Å²) in [6.07, 6.45) is 3.18. The number of anilines is 4. The van der Waals surface area contributed by atoms with Gasteiger partial charge >= 0.3 is 0 Å². The quantitative estimate of drug-likeness (QED) is 0.278. The van der Waals surface area contributed by atoms with E-state index in [1.807, 2.05) is 24.3 Å². The smallest absolute Gasteiger partial charge is 0.283 e. The third-order valence-electron chi connectivity index (χ3n) is 7.50. The fourth-order valence-electron chi connectivity index (χ4n) is 5.34. The van der Waals surface area contributed by atoms with E-state index >= 15 is 0 Å². The van der Waals surface area contributed by atoms with E-state index in [1.165, 1.54) is 10.9 Å². The Labute approximate surface area is 239 Å². The molecular formula is C29H27N11O2. The van der Waals surface area contributed by atoms with Crippen molar-refractivity contribution in [3.63, 3.8) is 0 Å². The number of primary amides is 1. The van der Waals surface area contributed by atoms with Crippen LogP contribution in [0.5, 0.6) is 0 Å². The highest BCUT2D eigenvalue weighted by Gasteiger charge is 2.21. The molecule has 5 heterocycles. The van der Waals surface area contributed by atoms with Crippen LogP contribution in [0.1, 0.15) is 10.4 Å². The second-order valence-electron chi connectivity index (χ2n) is 10.0. The predicted molar refractivity (Wildman–Crippen MR) is 161 cm³/mol. The number of amides is 1. The molecule has 0 saturated carbocycles. The van der Waals surface area contributed by atoms with Crippen molar-refractivity contribution in [2.45, 2.75) is 0 Å². The van der Waals surface area contributed by atoms with Crippen molar-refractivity contribution in [1.29, 1.82) is 0 Å². The number of piperazine rings is 1. The summed E-state index contributed by atoms with van der Waals surface area (Å²) < 4.78 is 3.15. The summed E-state index contributed by atoms with van der Waals surface area (Å²) in [5, 5.41) is 3.66. The van der Waals surface area contributed by atoms with Crippen molar-refractivity contribution in [1.82, 2.24) is 34.3 Å². The fraction of sp³-hybridized carbons (Fsp3) is 0.172. The van der Waals surface area contributed by atoms with Gasteiger partial charge in [-0.1, -0.05) is 12.1 Å². The van der Waals surface area contributed by atoms with Gasteiger partial charge in [0.25, 0.3) is 11.5 Å². The molecule has 0 unspecified atom stereocenters. The fourth-order valence-corrected chi connectivity index (χ4v) is 5.34. The zero-order chi connectivity index (χ0) is 28.8. The van der Waals surface area contributed by atoms with Gasteiger partial charge in [-0.25, -0.2) is 15.0 Å². The number of H-pyrrole nitrogens is 1. The molecule has 0 spiro atoms. The Hall–Kier alpha value is -5.72. The van der Waals surface area contributed by atoms with Gasteiger partial charge in [0.2, 0.25) is 11.9 Å². The van der Waals surface area contributed by atoms with Gasteiger partial charge in [0.05, 0.1) is 11.1 Å². The van der Waals surface area contributed by atoms with Crippen molar-refractivity contribution in [2.75, 3.05) is 41.3 Å². The third-order valence-corrected chi connectivity index (χ3v) is 7.50. The maximum Gasteiger partial charge on any atom is 0.283 e. The number of nitrogens with one attached hydrogen (secondary N) is 2. The molecule has 0 atom stereocenters. The SMILES string of the molecule is Cn1c2nc(Nc3ccc(N4CCN(c5nc6c(C(N)=O)cccc6[nH]5)CC4)cc3)ncc2c(=O)n1-c1ccccn1. The molecule has 210 valence electrons. The number of aromatic nitrogens is 7. The number of aromatic amines is 1. The van der Waals surface area contributed by atoms with Gasteiger partial charge in [-0.15, -0.1) is 0 Å². The van der Waals surface area contributed by atoms with E-state index in [1.54, 1.807) is 42.2 Å². The second kappa shape index (κ2) is 10.0. The summed E-state index contributed by atoms with van der Waals surface area (Å²) in [6.45, 7) is 3.17. The molecule has 1 amide bonds. The zero-order valence-corrected chi connectivity index (χ0v) is 22.7. The molecule has 7 rings (SSSR count). The molecule has 4 aromatic heterocycles. The summed E-state index contributed by atoms with van der Waals surface area (Å²) >= 11 is 0. The van der Waals surface area contributed by atoms with Gasteiger partial charge in [0.15, 0.2) is 11.5 Å². The van der Waals surface area contributed by atoms with Crippen molar-refractivity contribution in [3.05, 3.63) is 89.0 Å². The van der Waals surface area contributed by atoms with Crippen molar-refractivity contribution in [3.8, 4) is 5.82 Å². The number of fused-ring (bicyclic) bond motifs is 2. The topological polar surface area (TPSA) is 156 Å². The van der Waals surface area contributed by atoms with Gasteiger partial charge < -0.3 is 25.8 Å². The lowest BCUT2D eigenvalue weighted by molar-refractivity contribution is 0.100. The number of benzene rings is 2. The monoisotopic (exact) mass is 561 g/mol. The number of imidazole rings is 1. The van der Waals surface area contributed by atoms with Crippen LogP contribution in [-0.4, -0.2) is 66.4 Å². The number of carbonyl (C=O) groups is 1. The minimum Gasteiger partial charge on any atom is -0.368 e. The lowest BCUT2D eigenvalue weighted by Gasteiger charge is -2.36. The van der Waals surface area contributed by atoms with E-state index in [0.717, 1.165) is 49.0 Å². The first-order chi connectivity index (χ1) is 20.5. The molecule has 13 nitrogen and oxygen atoms in total. The Morgan fingerprint density at radius 2 is 1.71 bits per heavy atom. The lowest BCUT2D eigenvalue weighted by atomic mass is 10.2. The maximum absolute atomic E-state index is 13.0. The van der Waals surface area contributed by atoms with Crippen LogP contribution >= 0.6 is 0 Å². The number of pyridine rings is 1. The number of hydrogen-bond donors (Lipinski definition) is 3. The first-order valence-corrected chi connectivity index (χ1v) is 13.5. The normalized spacial score (nSPS) is 13.6. The summed E-state index contributed by atoms with van der Waals surface area (Å²) in [5.41, 5.74) is 9.55. The molecule has 0 bridgehead atoms. The summed E-state index contributed by atoms with van der Waals surface area (Å²) in [6, 6.07) is 18.9. The third kappa shape index (κ3) is 4.36. The van der Waals surface area contributed by atoms with Gasteiger partial charge in [-0.05, 0) is 48.5 Å². The Morgan fingerprint density at radius 1 is 0.929 bits per heavy atom. The molecule has 6 aromatic rings. The number of para-hydroxylation sites is 1. The Bertz CT molecular complexity index is 1990. The molecule has 1 aliphatic rings. The van der Waals surface area contributed by atoms with E-state index in [-0.39, 0.29) is 5.56 Å². The molecule has 4 N–H and O–H groups in total. The van der Waals surface area contributed by atoms with Crippen LogP contribution in [0.15, 0.2) is 77.9 Å². The second-order valence-corrected chi connectivity index (χ2v) is 10.0. The largest absolute Gasteiger partial charge is 0.368 e. The van der Waals surface area contributed by atoms with Crippen molar-refractivity contribution >= 4 is 51.2 Å². The standard InChI is InChI=1S/C29H27N11O2/c1-37-26-21(27(42)40(37)23-7-2-3-12-31-23)17-32-28(36-26)33-18-8-10-19(11-9-18)38-13-15-39(16-14-38)29-34-22-6-4-5-20(25(30)41)24(22)35-29/h2-12,17H,13-16H2,1H3,(H2,30,41)(H,34,35)(H,32,33,36). The van der Waals surface area contributed by atoms with Crippen LogP contribution in [0.25, 0.3) is 27.9 Å². The van der Waals surface area contributed by atoms with Crippen LogP contribution in [0, 0.1) is 0 Å². The number of carbonyl (C=O) groups excluding carboxylic acids is 1. The maximum atomic E-state index is 13.0. The summed E-state index contributed by atoms with van der Waals surface area (Å²) in [7, 11) is 1.77. The Kier molecular flexibility index (Phi) is 6.03. The number of nitrogens with two attached hydrogens (primary N) is 1.